The SMILES string of the molecule is CC[C@@H]1C(=O)N(C)c2cnc(Cc3ccc(C(=O)NCCCNCCOCC(=O)Nc4cccc5c4CN(C4CCC(=O)NC4=O)C5=O)cc3OC)nc2N1C1CCCC1. The summed E-state index contributed by atoms with van der Waals surface area (Å²) in [6, 6.07) is 9.67. The molecule has 0 spiro atoms. The van der Waals surface area contributed by atoms with Crippen molar-refractivity contribution in [3.8, 4) is 5.75 Å². The fourth-order valence-electron chi connectivity index (χ4n) is 8.55. The van der Waals surface area contributed by atoms with E-state index < -0.39 is 11.9 Å². The first-order valence-electron chi connectivity index (χ1n) is 20.8. The number of carbonyl (C=O) groups excluding carboxylic acids is 6. The molecule has 2 atom stereocenters. The fourth-order valence-corrected chi connectivity index (χ4v) is 8.55. The van der Waals surface area contributed by atoms with Gasteiger partial charge in [0, 0.05) is 73.5 Å². The van der Waals surface area contributed by atoms with Crippen molar-refractivity contribution in [1.82, 2.24) is 30.8 Å². The van der Waals surface area contributed by atoms with Crippen molar-refractivity contribution in [1.29, 1.82) is 0 Å². The highest BCUT2D eigenvalue weighted by atomic mass is 16.5. The predicted octanol–water partition coefficient (Wildman–Crippen LogP) is 2.71. The molecule has 4 heterocycles. The maximum atomic E-state index is 13.3. The van der Waals surface area contributed by atoms with Gasteiger partial charge in [-0.1, -0.05) is 31.9 Å². The normalized spacial score (nSPS) is 19.0. The van der Waals surface area contributed by atoms with Gasteiger partial charge in [0.25, 0.3) is 11.8 Å². The van der Waals surface area contributed by atoms with E-state index in [0.29, 0.717) is 72.8 Å². The van der Waals surface area contributed by atoms with Gasteiger partial charge in [0.1, 0.15) is 36.0 Å². The number of benzene rings is 2. The summed E-state index contributed by atoms with van der Waals surface area (Å²) in [6.07, 6.45) is 8.30. The molecule has 4 N–H and O–H groups in total. The number of aromatic nitrogens is 2. The number of piperidine rings is 1. The van der Waals surface area contributed by atoms with E-state index in [1.54, 1.807) is 55.6 Å². The van der Waals surface area contributed by atoms with Crippen LogP contribution in [0.1, 0.15) is 96.0 Å². The highest BCUT2D eigenvalue weighted by Gasteiger charge is 2.42. The summed E-state index contributed by atoms with van der Waals surface area (Å²) < 4.78 is 11.2. The standard InChI is InChI=1S/C43H53N9O8/c1-4-32-43(58)50(2)34-23-46-36(48-39(34)52(32)28-9-5-6-10-28)22-26-13-14-27(21-35(26)59-3)40(55)45-18-8-17-44-19-20-60-25-38(54)47-31-12-7-11-29-30(31)24-51(42(29)57)33-15-16-37(53)49-41(33)56/h7,11-14,21,23,28,32-33,44H,4-6,8-10,15-20,22,24-25H2,1-3H3,(H,45,55)(H,47,54)(H,49,53,56)/t32-,33?/m1/s1. The number of likely N-dealkylation sites (N-methyl/N-ethyl adjacent to an activating group) is 1. The van der Waals surface area contributed by atoms with Crippen molar-refractivity contribution in [3.05, 3.63) is 70.7 Å². The Morgan fingerprint density at radius 3 is 2.60 bits per heavy atom. The predicted molar refractivity (Wildman–Crippen MR) is 222 cm³/mol. The molecule has 2 fully saturated rings. The molecule has 60 heavy (non-hydrogen) atoms. The molecular formula is C43H53N9O8. The molecule has 1 aliphatic carbocycles. The molecule has 0 bridgehead atoms. The average molecular weight is 824 g/mol. The minimum absolute atomic E-state index is 0.0726. The van der Waals surface area contributed by atoms with E-state index in [2.05, 4.69) is 31.2 Å². The van der Waals surface area contributed by atoms with Crippen LogP contribution in [0.3, 0.4) is 0 Å². The number of hydrogen-bond acceptors (Lipinski definition) is 12. The van der Waals surface area contributed by atoms with E-state index in [4.69, 9.17) is 14.5 Å². The molecule has 0 radical (unpaired) electrons. The van der Waals surface area contributed by atoms with E-state index in [0.717, 1.165) is 42.8 Å². The molecule has 3 aromatic rings. The van der Waals surface area contributed by atoms with Crippen molar-refractivity contribution in [2.24, 2.45) is 0 Å². The summed E-state index contributed by atoms with van der Waals surface area (Å²) in [5.41, 5.74) is 3.54. The minimum atomic E-state index is -0.741. The Bertz CT molecular complexity index is 2140. The van der Waals surface area contributed by atoms with E-state index in [1.165, 1.54) is 4.90 Å². The van der Waals surface area contributed by atoms with E-state index in [-0.39, 0.29) is 74.2 Å². The number of nitrogens with zero attached hydrogens (tertiary/aromatic N) is 5. The minimum Gasteiger partial charge on any atom is -0.496 e. The summed E-state index contributed by atoms with van der Waals surface area (Å²) in [4.78, 5) is 91.0. The average Bonchev–Trinajstić information content (AvgIpc) is 3.90. The Hall–Kier alpha value is -5.94. The monoisotopic (exact) mass is 823 g/mol. The molecule has 17 heteroatoms. The van der Waals surface area contributed by atoms with Gasteiger partial charge in [0.05, 0.1) is 19.9 Å². The summed E-state index contributed by atoms with van der Waals surface area (Å²) in [5.74, 6) is 0.289. The van der Waals surface area contributed by atoms with Gasteiger partial charge in [-0.3, -0.25) is 34.1 Å². The molecule has 2 aromatic carbocycles. The summed E-state index contributed by atoms with van der Waals surface area (Å²) in [7, 11) is 3.36. The largest absolute Gasteiger partial charge is 0.496 e. The van der Waals surface area contributed by atoms with Crippen LogP contribution in [0.25, 0.3) is 0 Å². The Labute approximate surface area is 348 Å². The molecule has 1 aromatic heterocycles. The Morgan fingerprint density at radius 2 is 1.83 bits per heavy atom. The molecule has 318 valence electrons. The third-order valence-electron chi connectivity index (χ3n) is 11.7. The number of amides is 6. The first kappa shape index (κ1) is 42.2. The van der Waals surface area contributed by atoms with Gasteiger partial charge >= 0.3 is 0 Å². The zero-order valence-corrected chi connectivity index (χ0v) is 34.4. The lowest BCUT2D eigenvalue weighted by molar-refractivity contribution is -0.137. The number of carbonyl (C=O) groups is 6. The maximum Gasteiger partial charge on any atom is 0.255 e. The lowest BCUT2D eigenvalue weighted by atomic mass is 10.0. The smallest absolute Gasteiger partial charge is 0.255 e. The van der Waals surface area contributed by atoms with E-state index in [1.807, 2.05) is 13.0 Å². The number of anilines is 3. The van der Waals surface area contributed by atoms with Gasteiger partial charge in [-0.15, -0.1) is 0 Å². The highest BCUT2D eigenvalue weighted by molar-refractivity contribution is 6.07. The summed E-state index contributed by atoms with van der Waals surface area (Å²) in [5, 5.41) is 11.3. The number of imide groups is 1. The van der Waals surface area contributed by atoms with Crippen LogP contribution < -0.4 is 35.8 Å². The number of nitrogens with one attached hydrogen (secondary N) is 4. The first-order valence-corrected chi connectivity index (χ1v) is 20.8. The fraction of sp³-hybridized carbons (Fsp3) is 0.488. The first-order chi connectivity index (χ1) is 29.1. The molecule has 1 saturated carbocycles. The van der Waals surface area contributed by atoms with Gasteiger partial charge in [-0.25, -0.2) is 9.97 Å². The second-order valence-corrected chi connectivity index (χ2v) is 15.6. The van der Waals surface area contributed by atoms with Crippen LogP contribution in [0.5, 0.6) is 5.75 Å². The molecule has 3 aliphatic heterocycles. The number of methoxy groups -OCH3 is 1. The van der Waals surface area contributed by atoms with Crippen LogP contribution in [0, 0.1) is 0 Å². The molecule has 1 unspecified atom stereocenters. The van der Waals surface area contributed by atoms with E-state index in [9.17, 15) is 28.8 Å². The third-order valence-corrected chi connectivity index (χ3v) is 11.7. The lowest BCUT2D eigenvalue weighted by Gasteiger charge is -2.43. The second-order valence-electron chi connectivity index (χ2n) is 15.6. The van der Waals surface area contributed by atoms with Crippen molar-refractivity contribution >= 4 is 52.6 Å². The van der Waals surface area contributed by atoms with Gasteiger partial charge in [-0.2, -0.15) is 0 Å². The van der Waals surface area contributed by atoms with E-state index >= 15 is 0 Å². The highest BCUT2D eigenvalue weighted by Crippen LogP contribution is 2.40. The third kappa shape index (κ3) is 9.11. The molecule has 1 saturated heterocycles. The number of fused-ring (bicyclic) bond motifs is 2. The summed E-state index contributed by atoms with van der Waals surface area (Å²) >= 11 is 0. The number of ether oxygens (including phenoxy) is 2. The van der Waals surface area contributed by atoms with Crippen LogP contribution in [0.2, 0.25) is 0 Å². The van der Waals surface area contributed by atoms with Crippen molar-refractivity contribution in [3.63, 3.8) is 0 Å². The molecule has 17 nitrogen and oxygen atoms in total. The van der Waals surface area contributed by atoms with Crippen molar-refractivity contribution in [2.75, 3.05) is 62.1 Å². The topological polar surface area (TPSA) is 204 Å². The van der Waals surface area contributed by atoms with Crippen molar-refractivity contribution in [2.45, 2.75) is 89.4 Å². The quantitative estimate of drug-likeness (QED) is 0.115. The van der Waals surface area contributed by atoms with Crippen LogP contribution in [0.4, 0.5) is 17.2 Å². The number of hydrogen-bond donors (Lipinski definition) is 4. The number of rotatable bonds is 17. The van der Waals surface area contributed by atoms with Crippen LogP contribution in [-0.4, -0.2) is 115 Å². The molecule has 4 aliphatic rings. The van der Waals surface area contributed by atoms with Gasteiger partial charge < -0.3 is 40.1 Å². The van der Waals surface area contributed by atoms with Crippen molar-refractivity contribution < 1.29 is 38.2 Å². The van der Waals surface area contributed by atoms with Crippen LogP contribution in [0.15, 0.2) is 42.6 Å². The molecule has 7 rings (SSSR count). The Kier molecular flexibility index (Phi) is 13.3. The molecule has 6 amide bonds. The molecular weight excluding hydrogens is 771 g/mol. The van der Waals surface area contributed by atoms with Crippen LogP contribution in [-0.2, 0) is 36.9 Å². The maximum absolute atomic E-state index is 13.3. The Balaban J connectivity index is 0.819. The second kappa shape index (κ2) is 19.0. The Morgan fingerprint density at radius 1 is 1.02 bits per heavy atom. The zero-order chi connectivity index (χ0) is 42.3. The lowest BCUT2D eigenvalue weighted by Crippen LogP contribution is -2.55. The van der Waals surface area contributed by atoms with Gasteiger partial charge in [0.15, 0.2) is 5.82 Å². The van der Waals surface area contributed by atoms with Gasteiger partial charge in [0.2, 0.25) is 23.6 Å². The van der Waals surface area contributed by atoms with Gasteiger partial charge in [-0.05, 0) is 62.9 Å². The zero-order valence-electron chi connectivity index (χ0n) is 34.4. The summed E-state index contributed by atoms with van der Waals surface area (Å²) in [6.45, 7) is 3.85. The van der Waals surface area contributed by atoms with Crippen LogP contribution >= 0.6 is 0 Å².